The molecular formula is C26H32O2. The maximum Gasteiger partial charge on any atom is 0.128 e. The molecule has 0 saturated heterocycles. The van der Waals surface area contributed by atoms with Crippen LogP contribution in [0.25, 0.3) is 21.5 Å². The predicted octanol–water partition coefficient (Wildman–Crippen LogP) is 6.87. The summed E-state index contributed by atoms with van der Waals surface area (Å²) in [6.45, 7) is 10.4. The van der Waals surface area contributed by atoms with E-state index >= 15 is 0 Å². The number of aryl methyl sites for hydroxylation is 1. The van der Waals surface area contributed by atoms with E-state index in [4.69, 9.17) is 9.47 Å². The van der Waals surface area contributed by atoms with Gasteiger partial charge in [-0.3, -0.25) is 0 Å². The van der Waals surface area contributed by atoms with Gasteiger partial charge in [0.25, 0.3) is 0 Å². The molecule has 28 heavy (non-hydrogen) atoms. The van der Waals surface area contributed by atoms with E-state index in [1.165, 1.54) is 39.1 Å². The lowest BCUT2D eigenvalue weighted by Crippen LogP contribution is -2.25. The van der Waals surface area contributed by atoms with E-state index in [9.17, 15) is 0 Å². The maximum absolute atomic E-state index is 6.12. The van der Waals surface area contributed by atoms with Gasteiger partial charge in [-0.2, -0.15) is 0 Å². The molecule has 1 aliphatic rings. The van der Waals surface area contributed by atoms with Crippen LogP contribution >= 0.6 is 0 Å². The molecule has 4 rings (SSSR count). The van der Waals surface area contributed by atoms with E-state index in [-0.39, 0.29) is 0 Å². The van der Waals surface area contributed by atoms with Crippen LogP contribution in [0.3, 0.4) is 0 Å². The van der Waals surface area contributed by atoms with Crippen LogP contribution < -0.4 is 4.74 Å². The van der Waals surface area contributed by atoms with Gasteiger partial charge in [0.15, 0.2) is 0 Å². The van der Waals surface area contributed by atoms with Gasteiger partial charge in [-0.05, 0) is 78.3 Å². The van der Waals surface area contributed by atoms with Crippen molar-refractivity contribution in [2.45, 2.75) is 59.0 Å². The summed E-state index contributed by atoms with van der Waals surface area (Å²) >= 11 is 0. The van der Waals surface area contributed by atoms with Gasteiger partial charge in [0.1, 0.15) is 5.75 Å². The number of hydrogen-bond donors (Lipinski definition) is 0. The van der Waals surface area contributed by atoms with Crippen molar-refractivity contribution in [1.82, 2.24) is 0 Å². The number of fused-ring (bicyclic) bond motifs is 5. The highest BCUT2D eigenvalue weighted by Gasteiger charge is 2.29. The summed E-state index contributed by atoms with van der Waals surface area (Å²) in [6, 6.07) is 15.5. The number of ether oxygens (including phenoxy) is 2. The molecule has 0 N–H and O–H groups in total. The highest BCUT2D eigenvalue weighted by molar-refractivity contribution is 6.11. The summed E-state index contributed by atoms with van der Waals surface area (Å²) in [5, 5.41) is 5.22. The fourth-order valence-corrected chi connectivity index (χ4v) is 4.68. The first-order chi connectivity index (χ1) is 13.6. The number of rotatable bonds is 6. The van der Waals surface area contributed by atoms with E-state index in [1.54, 1.807) is 0 Å². The zero-order valence-electron chi connectivity index (χ0n) is 17.6. The van der Waals surface area contributed by atoms with Gasteiger partial charge in [-0.25, -0.2) is 0 Å². The fraction of sp³-hybridized carbons (Fsp3) is 0.462. The summed E-state index contributed by atoms with van der Waals surface area (Å²) in [6.07, 6.45) is 3.71. The van der Waals surface area contributed by atoms with E-state index in [1.807, 2.05) is 0 Å². The molecule has 0 bridgehead atoms. The Hall–Kier alpha value is -2.06. The van der Waals surface area contributed by atoms with Crippen LogP contribution in [-0.4, -0.2) is 19.3 Å². The smallest absolute Gasteiger partial charge is 0.128 e. The lowest BCUT2D eigenvalue weighted by molar-refractivity contribution is 0.0292. The van der Waals surface area contributed by atoms with Crippen LogP contribution in [0.1, 0.15) is 57.6 Å². The Balaban J connectivity index is 1.80. The molecule has 3 aromatic carbocycles. The Labute approximate surface area is 168 Å². The zero-order valence-corrected chi connectivity index (χ0v) is 17.6. The third-order valence-corrected chi connectivity index (χ3v) is 6.57. The average molecular weight is 377 g/mol. The summed E-state index contributed by atoms with van der Waals surface area (Å²) in [5.74, 6) is 2.14. The highest BCUT2D eigenvalue weighted by Crippen LogP contribution is 2.44. The zero-order chi connectivity index (χ0) is 19.7. The lowest BCUT2D eigenvalue weighted by atomic mass is 9.74. The molecule has 2 heteroatoms. The minimum absolute atomic E-state index is 0.348. The van der Waals surface area contributed by atoms with Crippen molar-refractivity contribution >= 4 is 21.5 Å². The lowest BCUT2D eigenvalue weighted by Gasteiger charge is -2.33. The van der Waals surface area contributed by atoms with Crippen molar-refractivity contribution in [3.8, 4) is 5.75 Å². The molecule has 3 aromatic rings. The molecule has 148 valence electrons. The van der Waals surface area contributed by atoms with Gasteiger partial charge in [0, 0.05) is 5.39 Å². The van der Waals surface area contributed by atoms with Crippen molar-refractivity contribution < 1.29 is 9.47 Å². The molecule has 0 aromatic heterocycles. The van der Waals surface area contributed by atoms with E-state index in [0.717, 1.165) is 25.2 Å². The van der Waals surface area contributed by atoms with Gasteiger partial charge in [-0.15, -0.1) is 0 Å². The van der Waals surface area contributed by atoms with E-state index in [0.29, 0.717) is 24.5 Å². The molecule has 0 radical (unpaired) electrons. The molecule has 0 amide bonds. The molecular weight excluding hydrogens is 344 g/mol. The Morgan fingerprint density at radius 1 is 1.07 bits per heavy atom. The quantitative estimate of drug-likeness (QED) is 0.437. The van der Waals surface area contributed by atoms with Gasteiger partial charge in [0.2, 0.25) is 0 Å². The van der Waals surface area contributed by atoms with Crippen molar-refractivity contribution in [2.24, 2.45) is 5.92 Å². The van der Waals surface area contributed by atoms with Crippen molar-refractivity contribution in [1.29, 1.82) is 0 Å². The molecule has 0 fully saturated rings. The van der Waals surface area contributed by atoms with Gasteiger partial charge in [-0.1, -0.05) is 50.2 Å². The molecule has 0 heterocycles. The number of benzene rings is 3. The highest BCUT2D eigenvalue weighted by atomic mass is 16.5. The maximum atomic E-state index is 6.12. The van der Waals surface area contributed by atoms with Crippen LogP contribution in [0.15, 0.2) is 42.5 Å². The summed E-state index contributed by atoms with van der Waals surface area (Å²) < 4.78 is 12.2. The van der Waals surface area contributed by atoms with Crippen LogP contribution in [-0.2, 0) is 11.2 Å². The van der Waals surface area contributed by atoms with Crippen LogP contribution in [0.2, 0.25) is 0 Å². The van der Waals surface area contributed by atoms with Crippen molar-refractivity contribution in [2.75, 3.05) is 13.2 Å². The van der Waals surface area contributed by atoms with Crippen molar-refractivity contribution in [3.05, 3.63) is 53.6 Å². The fourth-order valence-electron chi connectivity index (χ4n) is 4.68. The van der Waals surface area contributed by atoms with Gasteiger partial charge < -0.3 is 9.47 Å². The van der Waals surface area contributed by atoms with Crippen molar-refractivity contribution in [3.63, 3.8) is 0 Å². The predicted molar refractivity (Wildman–Crippen MR) is 119 cm³/mol. The minimum Gasteiger partial charge on any atom is -0.493 e. The molecule has 2 nitrogen and oxygen atoms in total. The normalized spacial score (nSPS) is 20.3. The second-order valence-electron chi connectivity index (χ2n) is 8.22. The third kappa shape index (κ3) is 3.39. The van der Waals surface area contributed by atoms with Gasteiger partial charge in [0.05, 0.1) is 19.3 Å². The largest absolute Gasteiger partial charge is 0.493 e. The van der Waals surface area contributed by atoms with Crippen LogP contribution in [0, 0.1) is 5.92 Å². The first-order valence-electron chi connectivity index (χ1n) is 10.9. The summed E-state index contributed by atoms with van der Waals surface area (Å²) in [5.41, 5.74) is 2.96. The van der Waals surface area contributed by atoms with Gasteiger partial charge >= 0.3 is 0 Å². The Bertz CT molecular complexity index is 975. The van der Waals surface area contributed by atoms with Crippen LogP contribution in [0.4, 0.5) is 0 Å². The first-order valence-corrected chi connectivity index (χ1v) is 10.9. The SMILES string of the molecule is CCOc1cc2ccccc2c2ccc3c(c12)CCC(COC(C)CC)C3C. The molecule has 3 atom stereocenters. The minimum atomic E-state index is 0.348. The Morgan fingerprint density at radius 3 is 2.68 bits per heavy atom. The third-order valence-electron chi connectivity index (χ3n) is 6.57. The molecule has 1 aliphatic carbocycles. The summed E-state index contributed by atoms with van der Waals surface area (Å²) in [4.78, 5) is 0. The average Bonchev–Trinajstić information content (AvgIpc) is 2.72. The molecule has 0 aliphatic heterocycles. The number of hydrogen-bond acceptors (Lipinski definition) is 2. The van der Waals surface area contributed by atoms with Crippen LogP contribution in [0.5, 0.6) is 5.75 Å². The summed E-state index contributed by atoms with van der Waals surface area (Å²) in [7, 11) is 0. The standard InChI is InChI=1S/C26H32O2/c1-5-17(3)28-16-20-11-12-23-21(18(20)4)13-14-24-22-10-8-7-9-19(22)15-25(26(23)24)27-6-2/h7-10,13-15,17-18,20H,5-6,11-12,16H2,1-4H3. The van der Waals surface area contributed by atoms with E-state index < -0.39 is 0 Å². The molecule has 0 saturated carbocycles. The molecule has 0 spiro atoms. The second kappa shape index (κ2) is 8.13. The monoisotopic (exact) mass is 376 g/mol. The topological polar surface area (TPSA) is 18.5 Å². The first kappa shape index (κ1) is 19.3. The second-order valence-corrected chi connectivity index (χ2v) is 8.22. The Kier molecular flexibility index (Phi) is 5.59. The molecule has 3 unspecified atom stereocenters. The van der Waals surface area contributed by atoms with E-state index in [2.05, 4.69) is 70.2 Å². The Morgan fingerprint density at radius 2 is 1.89 bits per heavy atom.